The standard InChI is InChI=1S/C18H29N3/c1-3-19-12-15-6-4-5-7-16(15)13-21-11-10-17-8-9-18(14-21)20(17)2/h4-7,17-19H,3,8-14H2,1-2H3. The average Bonchev–Trinajstić information content (AvgIpc) is 2.74. The van der Waals surface area contributed by atoms with Crippen LogP contribution in [0.5, 0.6) is 0 Å². The van der Waals surface area contributed by atoms with E-state index in [9.17, 15) is 0 Å². The van der Waals surface area contributed by atoms with Crippen LogP contribution in [-0.4, -0.2) is 48.6 Å². The van der Waals surface area contributed by atoms with Crippen LogP contribution in [0.25, 0.3) is 0 Å². The normalized spacial score (nSPS) is 27.0. The Labute approximate surface area is 129 Å². The molecule has 0 spiro atoms. The van der Waals surface area contributed by atoms with E-state index < -0.39 is 0 Å². The first-order chi connectivity index (χ1) is 10.3. The van der Waals surface area contributed by atoms with E-state index in [0.717, 1.165) is 31.7 Å². The number of hydrogen-bond acceptors (Lipinski definition) is 3. The van der Waals surface area contributed by atoms with Crippen molar-refractivity contribution < 1.29 is 0 Å². The van der Waals surface area contributed by atoms with Gasteiger partial charge in [0.15, 0.2) is 0 Å². The molecule has 21 heavy (non-hydrogen) atoms. The maximum absolute atomic E-state index is 3.46. The van der Waals surface area contributed by atoms with E-state index in [1.54, 1.807) is 0 Å². The van der Waals surface area contributed by atoms with Crippen molar-refractivity contribution in [3.8, 4) is 0 Å². The minimum Gasteiger partial charge on any atom is -0.313 e. The number of likely N-dealkylation sites (N-methyl/N-ethyl adjacent to an activating group) is 1. The van der Waals surface area contributed by atoms with E-state index in [-0.39, 0.29) is 0 Å². The zero-order chi connectivity index (χ0) is 14.7. The summed E-state index contributed by atoms with van der Waals surface area (Å²) in [4.78, 5) is 5.30. The van der Waals surface area contributed by atoms with E-state index in [0.29, 0.717) is 0 Å². The van der Waals surface area contributed by atoms with Crippen LogP contribution in [0.3, 0.4) is 0 Å². The van der Waals surface area contributed by atoms with E-state index in [2.05, 4.69) is 53.4 Å². The third kappa shape index (κ3) is 3.47. The fourth-order valence-electron chi connectivity index (χ4n) is 3.91. The number of likely N-dealkylation sites (tertiary alicyclic amines) is 1. The second-order valence-corrected chi connectivity index (χ2v) is 6.62. The summed E-state index contributed by atoms with van der Waals surface area (Å²) in [5.41, 5.74) is 2.96. The lowest BCUT2D eigenvalue weighted by Gasteiger charge is -2.26. The number of fused-ring (bicyclic) bond motifs is 2. The third-order valence-corrected chi connectivity index (χ3v) is 5.31. The molecule has 1 N–H and O–H groups in total. The van der Waals surface area contributed by atoms with Crippen molar-refractivity contribution >= 4 is 0 Å². The Morgan fingerprint density at radius 3 is 2.67 bits per heavy atom. The molecule has 2 bridgehead atoms. The van der Waals surface area contributed by atoms with Gasteiger partial charge in [0.2, 0.25) is 0 Å². The minimum atomic E-state index is 0.776. The van der Waals surface area contributed by atoms with Crippen LogP contribution >= 0.6 is 0 Å². The Morgan fingerprint density at radius 1 is 1.10 bits per heavy atom. The van der Waals surface area contributed by atoms with Crippen molar-refractivity contribution in [3.05, 3.63) is 35.4 Å². The van der Waals surface area contributed by atoms with Crippen molar-refractivity contribution in [3.63, 3.8) is 0 Å². The molecule has 0 saturated carbocycles. The molecule has 2 aliphatic heterocycles. The minimum absolute atomic E-state index is 0.776. The van der Waals surface area contributed by atoms with Crippen molar-refractivity contribution in [2.45, 2.75) is 51.4 Å². The fraction of sp³-hybridized carbons (Fsp3) is 0.667. The zero-order valence-electron chi connectivity index (χ0n) is 13.5. The molecular weight excluding hydrogens is 258 g/mol. The fourth-order valence-corrected chi connectivity index (χ4v) is 3.91. The van der Waals surface area contributed by atoms with Crippen LogP contribution in [-0.2, 0) is 13.1 Å². The van der Waals surface area contributed by atoms with Crippen LogP contribution in [0.15, 0.2) is 24.3 Å². The van der Waals surface area contributed by atoms with Gasteiger partial charge < -0.3 is 5.32 Å². The van der Waals surface area contributed by atoms with E-state index in [1.807, 2.05) is 0 Å². The highest BCUT2D eigenvalue weighted by Crippen LogP contribution is 2.29. The van der Waals surface area contributed by atoms with Gasteiger partial charge in [-0.2, -0.15) is 0 Å². The van der Waals surface area contributed by atoms with Gasteiger partial charge in [-0.1, -0.05) is 31.2 Å². The highest BCUT2D eigenvalue weighted by atomic mass is 15.3. The van der Waals surface area contributed by atoms with Gasteiger partial charge in [0.25, 0.3) is 0 Å². The smallest absolute Gasteiger partial charge is 0.0237 e. The second-order valence-electron chi connectivity index (χ2n) is 6.62. The quantitative estimate of drug-likeness (QED) is 0.897. The van der Waals surface area contributed by atoms with Crippen LogP contribution in [0.2, 0.25) is 0 Å². The molecule has 116 valence electrons. The molecule has 0 aliphatic carbocycles. The number of nitrogens with zero attached hydrogens (tertiary/aromatic N) is 2. The van der Waals surface area contributed by atoms with Gasteiger partial charge in [0.1, 0.15) is 0 Å². The largest absolute Gasteiger partial charge is 0.313 e. The van der Waals surface area contributed by atoms with Crippen LogP contribution in [0.1, 0.15) is 37.3 Å². The molecule has 0 amide bonds. The summed E-state index contributed by atoms with van der Waals surface area (Å²) in [6, 6.07) is 10.5. The van der Waals surface area contributed by atoms with Crippen molar-refractivity contribution in [2.75, 3.05) is 26.7 Å². The predicted octanol–water partition coefficient (Wildman–Crippen LogP) is 2.46. The molecule has 2 aliphatic rings. The predicted molar refractivity (Wildman–Crippen MR) is 88.3 cm³/mol. The highest BCUT2D eigenvalue weighted by molar-refractivity contribution is 5.27. The van der Waals surface area contributed by atoms with Crippen LogP contribution < -0.4 is 5.32 Å². The molecule has 3 heteroatoms. The lowest BCUT2D eigenvalue weighted by molar-refractivity contribution is 0.214. The van der Waals surface area contributed by atoms with E-state index >= 15 is 0 Å². The maximum Gasteiger partial charge on any atom is 0.0237 e. The monoisotopic (exact) mass is 287 g/mol. The summed E-state index contributed by atoms with van der Waals surface area (Å²) in [6.07, 6.45) is 4.13. The molecule has 2 atom stereocenters. The average molecular weight is 287 g/mol. The number of hydrogen-bond donors (Lipinski definition) is 1. The maximum atomic E-state index is 3.46. The topological polar surface area (TPSA) is 18.5 Å². The molecule has 2 heterocycles. The van der Waals surface area contributed by atoms with Gasteiger partial charge in [-0.05, 0) is 44.0 Å². The molecule has 2 unspecified atom stereocenters. The SMILES string of the molecule is CCNCc1ccccc1CN1CCC2CCC(C1)N2C. The zero-order valence-corrected chi connectivity index (χ0v) is 13.5. The molecule has 0 aromatic heterocycles. The Kier molecular flexibility index (Phi) is 4.94. The lowest BCUT2D eigenvalue weighted by atomic mass is 10.0. The molecular formula is C18H29N3. The van der Waals surface area contributed by atoms with Crippen molar-refractivity contribution in [1.29, 1.82) is 0 Å². The third-order valence-electron chi connectivity index (χ3n) is 5.31. The van der Waals surface area contributed by atoms with Gasteiger partial charge in [0.05, 0.1) is 0 Å². The summed E-state index contributed by atoms with van der Waals surface area (Å²) in [6.45, 7) is 7.80. The molecule has 1 aromatic carbocycles. The summed E-state index contributed by atoms with van der Waals surface area (Å²) in [5.74, 6) is 0. The molecule has 2 saturated heterocycles. The first-order valence-electron chi connectivity index (χ1n) is 8.49. The van der Waals surface area contributed by atoms with E-state index in [4.69, 9.17) is 0 Å². The summed E-state index contributed by atoms with van der Waals surface area (Å²) < 4.78 is 0. The number of rotatable bonds is 5. The Morgan fingerprint density at radius 2 is 1.86 bits per heavy atom. The molecule has 3 rings (SSSR count). The van der Waals surface area contributed by atoms with Crippen LogP contribution in [0, 0.1) is 0 Å². The Balaban J connectivity index is 1.66. The summed E-state index contributed by atoms with van der Waals surface area (Å²) >= 11 is 0. The van der Waals surface area contributed by atoms with Gasteiger partial charge in [-0.15, -0.1) is 0 Å². The van der Waals surface area contributed by atoms with Gasteiger partial charge in [0, 0.05) is 38.3 Å². The Hall–Kier alpha value is -0.900. The second kappa shape index (κ2) is 6.91. The van der Waals surface area contributed by atoms with Crippen molar-refractivity contribution in [2.24, 2.45) is 0 Å². The first kappa shape index (κ1) is 15.0. The molecule has 1 aromatic rings. The molecule has 0 radical (unpaired) electrons. The number of nitrogens with one attached hydrogen (secondary N) is 1. The van der Waals surface area contributed by atoms with E-state index in [1.165, 1.54) is 43.5 Å². The van der Waals surface area contributed by atoms with Crippen molar-refractivity contribution in [1.82, 2.24) is 15.1 Å². The molecule has 2 fully saturated rings. The van der Waals surface area contributed by atoms with Gasteiger partial charge in [-0.25, -0.2) is 0 Å². The first-order valence-corrected chi connectivity index (χ1v) is 8.49. The summed E-state index contributed by atoms with van der Waals surface area (Å²) in [5, 5.41) is 3.46. The highest BCUT2D eigenvalue weighted by Gasteiger charge is 2.34. The van der Waals surface area contributed by atoms with Gasteiger partial charge in [-0.3, -0.25) is 9.80 Å². The molecule has 3 nitrogen and oxygen atoms in total. The Bertz CT molecular complexity index is 460. The summed E-state index contributed by atoms with van der Waals surface area (Å²) in [7, 11) is 2.32. The van der Waals surface area contributed by atoms with Crippen LogP contribution in [0.4, 0.5) is 0 Å². The van der Waals surface area contributed by atoms with Gasteiger partial charge >= 0.3 is 0 Å². The number of benzene rings is 1. The lowest BCUT2D eigenvalue weighted by Crippen LogP contribution is -2.36.